The van der Waals surface area contributed by atoms with E-state index < -0.39 is 22.9 Å². The van der Waals surface area contributed by atoms with E-state index in [1.54, 1.807) is 48.5 Å². The predicted molar refractivity (Wildman–Crippen MR) is 130 cm³/mol. The summed E-state index contributed by atoms with van der Waals surface area (Å²) < 4.78 is 16.0. The first-order valence-electron chi connectivity index (χ1n) is 10.5. The van der Waals surface area contributed by atoms with E-state index in [9.17, 15) is 19.7 Å². The number of nitrogens with one attached hydrogen (secondary N) is 1. The Balaban J connectivity index is 1.74. The van der Waals surface area contributed by atoms with Crippen molar-refractivity contribution in [1.82, 2.24) is 0 Å². The minimum absolute atomic E-state index is 0.00518. The van der Waals surface area contributed by atoms with E-state index >= 15 is 0 Å². The molecule has 0 bridgehead atoms. The standard InChI is InChI=1S/C25H23ClN2O7/c1-33-19-12-16(13-20(15-19)34-2)8-11-23(29)35-24(17-6-4-3-5-7-17)25(30)27-22-10-9-18(28(31)32)14-21(22)26/h3-7,9-10,12-15,24H,8,11H2,1-2H3,(H,27,30). The fraction of sp³-hybridized carbons (Fsp3) is 0.200. The van der Waals surface area contributed by atoms with Gasteiger partial charge in [-0.3, -0.25) is 19.7 Å². The fourth-order valence-electron chi connectivity index (χ4n) is 3.27. The molecule has 1 amide bonds. The van der Waals surface area contributed by atoms with Gasteiger partial charge >= 0.3 is 5.97 Å². The Bertz CT molecular complexity index is 1200. The molecule has 0 saturated carbocycles. The molecule has 0 heterocycles. The van der Waals surface area contributed by atoms with E-state index in [-0.39, 0.29) is 22.8 Å². The average Bonchev–Trinajstić information content (AvgIpc) is 2.87. The van der Waals surface area contributed by atoms with Gasteiger partial charge in [0.15, 0.2) is 0 Å². The summed E-state index contributed by atoms with van der Waals surface area (Å²) in [5, 5.41) is 13.5. The SMILES string of the molecule is COc1cc(CCC(=O)OC(C(=O)Nc2ccc([N+](=O)[O-])cc2Cl)c2ccccc2)cc(OC)c1. The third-order valence-electron chi connectivity index (χ3n) is 5.04. The van der Waals surface area contributed by atoms with Gasteiger partial charge in [-0.1, -0.05) is 41.9 Å². The van der Waals surface area contributed by atoms with Gasteiger partial charge in [-0.05, 0) is 30.2 Å². The molecule has 9 nitrogen and oxygen atoms in total. The van der Waals surface area contributed by atoms with Crippen LogP contribution >= 0.6 is 11.6 Å². The topological polar surface area (TPSA) is 117 Å². The molecule has 1 atom stereocenters. The predicted octanol–water partition coefficient (Wildman–Crippen LogP) is 5.12. The molecule has 0 aromatic heterocycles. The number of carbonyl (C=O) groups is 2. The molecule has 0 radical (unpaired) electrons. The number of amides is 1. The zero-order valence-corrected chi connectivity index (χ0v) is 19.8. The molecule has 0 saturated heterocycles. The van der Waals surface area contributed by atoms with Crippen molar-refractivity contribution in [1.29, 1.82) is 0 Å². The lowest BCUT2D eigenvalue weighted by atomic mass is 10.1. The highest BCUT2D eigenvalue weighted by molar-refractivity contribution is 6.34. The molecule has 0 aliphatic heterocycles. The third-order valence-corrected chi connectivity index (χ3v) is 5.35. The summed E-state index contributed by atoms with van der Waals surface area (Å²) in [6.45, 7) is 0. The summed E-state index contributed by atoms with van der Waals surface area (Å²) in [4.78, 5) is 36.1. The van der Waals surface area contributed by atoms with Crippen LogP contribution in [-0.2, 0) is 20.7 Å². The summed E-state index contributed by atoms with van der Waals surface area (Å²) in [6, 6.07) is 17.5. The first-order chi connectivity index (χ1) is 16.8. The van der Waals surface area contributed by atoms with Gasteiger partial charge in [0, 0.05) is 30.2 Å². The van der Waals surface area contributed by atoms with Crippen molar-refractivity contribution in [3.8, 4) is 11.5 Å². The van der Waals surface area contributed by atoms with Gasteiger partial charge in [0.25, 0.3) is 11.6 Å². The van der Waals surface area contributed by atoms with Crippen molar-refractivity contribution in [3.63, 3.8) is 0 Å². The van der Waals surface area contributed by atoms with Gasteiger partial charge in [0.1, 0.15) is 11.5 Å². The van der Waals surface area contributed by atoms with E-state index in [2.05, 4.69) is 5.32 Å². The normalized spacial score (nSPS) is 11.3. The Hall–Kier alpha value is -4.11. The lowest BCUT2D eigenvalue weighted by Crippen LogP contribution is -2.26. The van der Waals surface area contributed by atoms with Crippen LogP contribution in [0.15, 0.2) is 66.7 Å². The van der Waals surface area contributed by atoms with E-state index in [1.807, 2.05) is 0 Å². The summed E-state index contributed by atoms with van der Waals surface area (Å²) in [7, 11) is 3.07. The van der Waals surface area contributed by atoms with Gasteiger partial charge in [0.05, 0.1) is 29.9 Å². The lowest BCUT2D eigenvalue weighted by Gasteiger charge is -2.18. The van der Waals surface area contributed by atoms with Crippen LogP contribution in [0, 0.1) is 10.1 Å². The Morgan fingerprint density at radius 1 is 1.00 bits per heavy atom. The monoisotopic (exact) mass is 498 g/mol. The maximum Gasteiger partial charge on any atom is 0.307 e. The van der Waals surface area contributed by atoms with Crippen LogP contribution in [0.25, 0.3) is 0 Å². The molecule has 3 aromatic carbocycles. The van der Waals surface area contributed by atoms with Gasteiger partial charge < -0.3 is 19.5 Å². The largest absolute Gasteiger partial charge is 0.497 e. The molecular formula is C25H23ClN2O7. The molecule has 1 N–H and O–H groups in total. The Morgan fingerprint density at radius 3 is 2.23 bits per heavy atom. The summed E-state index contributed by atoms with van der Waals surface area (Å²) in [6.07, 6.45) is -0.913. The highest BCUT2D eigenvalue weighted by Gasteiger charge is 2.26. The van der Waals surface area contributed by atoms with Crippen molar-refractivity contribution in [3.05, 3.63) is 93.0 Å². The number of non-ortho nitro benzene ring substituents is 1. The van der Waals surface area contributed by atoms with Crippen LogP contribution in [0.5, 0.6) is 11.5 Å². The quantitative estimate of drug-likeness (QED) is 0.234. The molecule has 35 heavy (non-hydrogen) atoms. The van der Waals surface area contributed by atoms with Gasteiger partial charge in [-0.25, -0.2) is 0 Å². The number of aryl methyl sites for hydroxylation is 1. The van der Waals surface area contributed by atoms with Crippen molar-refractivity contribution < 1.29 is 28.7 Å². The molecule has 0 fully saturated rings. The number of hydrogen-bond acceptors (Lipinski definition) is 7. The maximum atomic E-state index is 13.0. The lowest BCUT2D eigenvalue weighted by molar-refractivity contribution is -0.384. The second-order valence-corrected chi connectivity index (χ2v) is 7.82. The second kappa shape index (κ2) is 11.8. The van der Waals surface area contributed by atoms with E-state index in [4.69, 9.17) is 25.8 Å². The smallest absolute Gasteiger partial charge is 0.307 e. The average molecular weight is 499 g/mol. The number of nitro benzene ring substituents is 1. The van der Waals surface area contributed by atoms with E-state index in [1.165, 1.54) is 26.4 Å². The molecular weight excluding hydrogens is 476 g/mol. The zero-order valence-electron chi connectivity index (χ0n) is 19.0. The Kier molecular flexibility index (Phi) is 8.63. The van der Waals surface area contributed by atoms with Crippen molar-refractivity contribution >= 4 is 34.9 Å². The Labute approximate surface area is 206 Å². The van der Waals surface area contributed by atoms with Gasteiger partial charge in [-0.15, -0.1) is 0 Å². The second-order valence-electron chi connectivity index (χ2n) is 7.41. The number of esters is 1. The van der Waals surface area contributed by atoms with E-state index in [0.29, 0.717) is 23.5 Å². The number of carbonyl (C=O) groups excluding carboxylic acids is 2. The highest BCUT2D eigenvalue weighted by Crippen LogP contribution is 2.29. The zero-order chi connectivity index (χ0) is 25.4. The number of anilines is 1. The fourth-order valence-corrected chi connectivity index (χ4v) is 3.49. The molecule has 182 valence electrons. The minimum Gasteiger partial charge on any atom is -0.497 e. The van der Waals surface area contributed by atoms with Crippen molar-refractivity contribution in [2.24, 2.45) is 0 Å². The van der Waals surface area contributed by atoms with Crippen LogP contribution in [0.3, 0.4) is 0 Å². The first kappa shape index (κ1) is 25.5. The highest BCUT2D eigenvalue weighted by atomic mass is 35.5. The molecule has 3 rings (SSSR count). The molecule has 0 spiro atoms. The summed E-state index contributed by atoms with van der Waals surface area (Å²) in [5.74, 6) is -0.0580. The Morgan fingerprint density at radius 2 is 1.66 bits per heavy atom. The minimum atomic E-state index is -1.25. The van der Waals surface area contributed by atoms with E-state index in [0.717, 1.165) is 11.6 Å². The summed E-state index contributed by atoms with van der Waals surface area (Å²) in [5.41, 5.74) is 1.20. The van der Waals surface area contributed by atoms with Crippen LogP contribution in [0.4, 0.5) is 11.4 Å². The molecule has 3 aromatic rings. The van der Waals surface area contributed by atoms with Crippen LogP contribution in [0.1, 0.15) is 23.7 Å². The third kappa shape index (κ3) is 6.94. The molecule has 1 unspecified atom stereocenters. The van der Waals surface area contributed by atoms with Crippen LogP contribution in [-0.4, -0.2) is 31.0 Å². The van der Waals surface area contributed by atoms with Gasteiger partial charge in [0.2, 0.25) is 6.10 Å². The van der Waals surface area contributed by atoms with Crippen molar-refractivity contribution in [2.45, 2.75) is 18.9 Å². The number of methoxy groups -OCH3 is 2. The van der Waals surface area contributed by atoms with Gasteiger partial charge in [-0.2, -0.15) is 0 Å². The van der Waals surface area contributed by atoms with Crippen LogP contribution < -0.4 is 14.8 Å². The number of rotatable bonds is 10. The van der Waals surface area contributed by atoms with Crippen LogP contribution in [0.2, 0.25) is 5.02 Å². The van der Waals surface area contributed by atoms with Crippen molar-refractivity contribution in [2.75, 3.05) is 19.5 Å². The maximum absolute atomic E-state index is 13.0. The number of ether oxygens (including phenoxy) is 3. The number of nitrogens with zero attached hydrogens (tertiary/aromatic N) is 1. The number of benzene rings is 3. The number of hydrogen-bond donors (Lipinski definition) is 1. The molecule has 10 heteroatoms. The molecule has 0 aliphatic rings. The first-order valence-corrected chi connectivity index (χ1v) is 10.9. The summed E-state index contributed by atoms with van der Waals surface area (Å²) >= 11 is 6.09. The number of nitro groups is 1. The molecule has 0 aliphatic carbocycles. The number of halogens is 1.